The summed E-state index contributed by atoms with van der Waals surface area (Å²) in [5.41, 5.74) is 1.07. The van der Waals surface area contributed by atoms with Gasteiger partial charge in [-0.3, -0.25) is 0 Å². The lowest BCUT2D eigenvalue weighted by Crippen LogP contribution is -1.87. The Bertz CT molecular complexity index is 514. The third kappa shape index (κ3) is 3.35. The predicted octanol–water partition coefficient (Wildman–Crippen LogP) is 3.75. The first-order valence-electron chi connectivity index (χ1n) is 5.41. The maximum absolute atomic E-state index is 8.50. The van der Waals surface area contributed by atoms with E-state index in [-0.39, 0.29) is 0 Å². The normalized spacial score (nSPS) is 9.59. The molecule has 2 heteroatoms. The van der Waals surface area contributed by atoms with Crippen molar-refractivity contribution < 1.29 is 4.74 Å². The molecule has 2 aromatic carbocycles. The first kappa shape index (κ1) is 11.2. The van der Waals surface area contributed by atoms with E-state index in [2.05, 4.69) is 0 Å². The van der Waals surface area contributed by atoms with Crippen molar-refractivity contribution in [2.45, 2.75) is 6.42 Å². The van der Waals surface area contributed by atoms with Crippen LogP contribution in [0, 0.1) is 17.8 Å². The summed E-state index contributed by atoms with van der Waals surface area (Å²) in [6, 6.07) is 19.4. The molecule has 0 bridgehead atoms. The van der Waals surface area contributed by atoms with Gasteiger partial charge in [0.1, 0.15) is 11.5 Å². The number of rotatable bonds is 4. The molecule has 0 atom stereocenters. The Balaban J connectivity index is 2.09. The molecule has 83 valence electrons. The molecule has 0 fully saturated rings. The number of benzene rings is 2. The number of hydrogen-bond acceptors (Lipinski definition) is 2. The number of ether oxygens (including phenoxy) is 1. The van der Waals surface area contributed by atoms with Crippen molar-refractivity contribution in [3.05, 3.63) is 66.6 Å². The molecule has 0 heterocycles. The van der Waals surface area contributed by atoms with Gasteiger partial charge in [0.05, 0.1) is 12.5 Å². The van der Waals surface area contributed by atoms with Gasteiger partial charge in [0.25, 0.3) is 0 Å². The molecule has 17 heavy (non-hydrogen) atoms. The number of nitrogens with zero attached hydrogens (tertiary/aromatic N) is 1. The van der Waals surface area contributed by atoms with Crippen molar-refractivity contribution in [1.82, 2.24) is 0 Å². The fourth-order valence-electron chi connectivity index (χ4n) is 1.52. The highest BCUT2D eigenvalue weighted by Crippen LogP contribution is 2.22. The molecular formula is C15H12NO. The molecule has 0 spiro atoms. The van der Waals surface area contributed by atoms with Crippen LogP contribution in [-0.4, -0.2) is 0 Å². The monoisotopic (exact) mass is 222 g/mol. The summed E-state index contributed by atoms with van der Waals surface area (Å²) < 4.78 is 5.70. The van der Waals surface area contributed by atoms with Gasteiger partial charge in [-0.2, -0.15) is 5.26 Å². The molecule has 0 saturated heterocycles. The van der Waals surface area contributed by atoms with Crippen molar-refractivity contribution >= 4 is 0 Å². The zero-order valence-electron chi connectivity index (χ0n) is 9.34. The molecule has 0 saturated carbocycles. The molecule has 0 unspecified atom stereocenters. The minimum Gasteiger partial charge on any atom is -0.457 e. The average Bonchev–Trinajstić information content (AvgIpc) is 2.38. The number of hydrogen-bond donors (Lipinski definition) is 0. The van der Waals surface area contributed by atoms with Gasteiger partial charge in [0, 0.05) is 0 Å². The summed E-state index contributed by atoms with van der Waals surface area (Å²) in [7, 11) is 0. The minimum atomic E-state index is 0.641. The van der Waals surface area contributed by atoms with E-state index in [1.165, 1.54) is 0 Å². The SMILES string of the molecule is N#C[CH]Cc1cccc(Oc2ccccc2)c1. The van der Waals surface area contributed by atoms with Crippen LogP contribution in [0.1, 0.15) is 5.56 Å². The predicted molar refractivity (Wildman–Crippen MR) is 66.6 cm³/mol. The fraction of sp³-hybridized carbons (Fsp3) is 0.0667. The minimum absolute atomic E-state index is 0.641. The van der Waals surface area contributed by atoms with Gasteiger partial charge < -0.3 is 4.74 Å². The summed E-state index contributed by atoms with van der Waals surface area (Å²) >= 11 is 0. The average molecular weight is 222 g/mol. The van der Waals surface area contributed by atoms with Crippen LogP contribution >= 0.6 is 0 Å². The second-order valence-electron chi connectivity index (χ2n) is 3.60. The zero-order chi connectivity index (χ0) is 11.9. The Morgan fingerprint density at radius 1 is 1.00 bits per heavy atom. The standard InChI is InChI=1S/C15H12NO/c16-11-5-7-13-6-4-10-15(12-13)17-14-8-2-1-3-9-14/h1-6,8-10,12H,7H2. The Morgan fingerprint density at radius 2 is 1.76 bits per heavy atom. The lowest BCUT2D eigenvalue weighted by molar-refractivity contribution is 0.482. The molecule has 0 aliphatic carbocycles. The van der Waals surface area contributed by atoms with Gasteiger partial charge >= 0.3 is 0 Å². The molecule has 2 nitrogen and oxygen atoms in total. The van der Waals surface area contributed by atoms with Crippen molar-refractivity contribution in [2.24, 2.45) is 0 Å². The molecule has 0 amide bonds. The Morgan fingerprint density at radius 3 is 2.53 bits per heavy atom. The van der Waals surface area contributed by atoms with E-state index in [1.54, 1.807) is 6.42 Å². The Labute approximate surface area is 101 Å². The van der Waals surface area contributed by atoms with Crippen LogP contribution < -0.4 is 4.74 Å². The molecule has 1 radical (unpaired) electrons. The smallest absolute Gasteiger partial charge is 0.127 e. The van der Waals surface area contributed by atoms with Crippen molar-refractivity contribution in [2.75, 3.05) is 0 Å². The summed E-state index contributed by atoms with van der Waals surface area (Å²) in [5, 5.41) is 8.50. The van der Waals surface area contributed by atoms with E-state index in [0.29, 0.717) is 6.42 Å². The Kier molecular flexibility index (Phi) is 3.77. The van der Waals surface area contributed by atoms with Crippen molar-refractivity contribution in [3.63, 3.8) is 0 Å². The highest BCUT2D eigenvalue weighted by Gasteiger charge is 1.98. The van der Waals surface area contributed by atoms with Crippen molar-refractivity contribution in [1.29, 1.82) is 5.26 Å². The lowest BCUT2D eigenvalue weighted by atomic mass is 10.1. The molecule has 2 aromatic rings. The summed E-state index contributed by atoms with van der Waals surface area (Å²) in [4.78, 5) is 0. The van der Waals surface area contributed by atoms with Crippen LogP contribution in [0.5, 0.6) is 11.5 Å². The maximum atomic E-state index is 8.50. The second kappa shape index (κ2) is 5.72. The molecular weight excluding hydrogens is 210 g/mol. The van der Waals surface area contributed by atoms with Crippen molar-refractivity contribution in [3.8, 4) is 17.6 Å². The molecule has 0 N–H and O–H groups in total. The van der Waals surface area contributed by atoms with E-state index in [0.717, 1.165) is 17.1 Å². The van der Waals surface area contributed by atoms with E-state index in [9.17, 15) is 0 Å². The quantitative estimate of drug-likeness (QED) is 0.789. The van der Waals surface area contributed by atoms with Crippen LogP contribution in [0.25, 0.3) is 0 Å². The van der Waals surface area contributed by atoms with Gasteiger partial charge in [-0.05, 0) is 36.2 Å². The van der Waals surface area contributed by atoms with Gasteiger partial charge in [0.2, 0.25) is 0 Å². The third-order valence-electron chi connectivity index (χ3n) is 2.31. The van der Waals surface area contributed by atoms with Crippen LogP contribution in [0.3, 0.4) is 0 Å². The molecule has 0 aromatic heterocycles. The highest BCUT2D eigenvalue weighted by atomic mass is 16.5. The first-order chi connectivity index (χ1) is 8.38. The number of para-hydroxylation sites is 1. The van der Waals surface area contributed by atoms with Crippen LogP contribution in [0.15, 0.2) is 54.6 Å². The molecule has 0 aliphatic rings. The lowest BCUT2D eigenvalue weighted by Gasteiger charge is -2.06. The van der Waals surface area contributed by atoms with Crippen LogP contribution in [-0.2, 0) is 6.42 Å². The maximum Gasteiger partial charge on any atom is 0.127 e. The fourth-order valence-corrected chi connectivity index (χ4v) is 1.52. The second-order valence-corrected chi connectivity index (χ2v) is 3.60. The Hall–Kier alpha value is -2.27. The summed E-state index contributed by atoms with van der Waals surface area (Å²) in [6.07, 6.45) is 2.21. The summed E-state index contributed by atoms with van der Waals surface area (Å²) in [6.45, 7) is 0. The third-order valence-corrected chi connectivity index (χ3v) is 2.31. The van der Waals surface area contributed by atoms with Crippen LogP contribution in [0.4, 0.5) is 0 Å². The number of nitriles is 1. The van der Waals surface area contributed by atoms with Gasteiger partial charge in [-0.25, -0.2) is 0 Å². The van der Waals surface area contributed by atoms with Gasteiger partial charge in [-0.1, -0.05) is 30.3 Å². The summed E-state index contributed by atoms with van der Waals surface area (Å²) in [5.74, 6) is 1.61. The van der Waals surface area contributed by atoms with Gasteiger partial charge in [-0.15, -0.1) is 0 Å². The van der Waals surface area contributed by atoms with E-state index in [4.69, 9.17) is 10.00 Å². The first-order valence-corrected chi connectivity index (χ1v) is 5.41. The molecule has 0 aliphatic heterocycles. The largest absolute Gasteiger partial charge is 0.457 e. The molecule has 2 rings (SSSR count). The van der Waals surface area contributed by atoms with E-state index in [1.807, 2.05) is 60.7 Å². The van der Waals surface area contributed by atoms with E-state index < -0.39 is 0 Å². The van der Waals surface area contributed by atoms with Crippen LogP contribution in [0.2, 0.25) is 0 Å². The zero-order valence-corrected chi connectivity index (χ0v) is 9.34. The van der Waals surface area contributed by atoms with Gasteiger partial charge in [0.15, 0.2) is 0 Å². The highest BCUT2D eigenvalue weighted by molar-refractivity contribution is 5.34. The van der Waals surface area contributed by atoms with E-state index >= 15 is 0 Å². The topological polar surface area (TPSA) is 33.0 Å².